The van der Waals surface area contributed by atoms with Crippen molar-refractivity contribution in [1.29, 1.82) is 0 Å². The first-order valence-electron chi connectivity index (χ1n) is 5.99. The number of carbonyl (C=O) groups is 3. The van der Waals surface area contributed by atoms with Crippen LogP contribution in [0.4, 0.5) is 0 Å². The van der Waals surface area contributed by atoms with Crippen LogP contribution in [0.1, 0.15) is 38.1 Å². The number of ketones is 1. The third kappa shape index (κ3) is 4.68. The minimum absolute atomic E-state index is 0.0683. The highest BCUT2D eigenvalue weighted by Crippen LogP contribution is 2.26. The Morgan fingerprint density at radius 3 is 2.05 bits per heavy atom. The van der Waals surface area contributed by atoms with E-state index < -0.39 is 11.9 Å². The number of esters is 2. The fraction of sp³-hybridized carbons (Fsp3) is 0.267. The molecule has 5 heteroatoms. The lowest BCUT2D eigenvalue weighted by Crippen LogP contribution is -2.08. The highest BCUT2D eigenvalue weighted by Gasteiger charge is 2.14. The smallest absolute Gasteiger partial charge is 0.308 e. The fourth-order valence-corrected chi connectivity index (χ4v) is 1.51. The minimum Gasteiger partial charge on any atom is -0.427 e. The summed E-state index contributed by atoms with van der Waals surface area (Å²) in [6, 6.07) is 4.27. The van der Waals surface area contributed by atoms with E-state index in [1.165, 1.54) is 38.1 Å². The molecule has 0 N–H and O–H groups in total. The van der Waals surface area contributed by atoms with Gasteiger partial charge in [0.05, 0.1) is 5.56 Å². The normalized spacial score (nSPS) is 9.60. The van der Waals surface area contributed by atoms with E-state index in [9.17, 15) is 14.4 Å². The van der Waals surface area contributed by atoms with Crippen LogP contribution < -0.4 is 9.47 Å². The SMILES string of the molecule is CC(=O)Oc1ccc(C(=O)C=C(C)C)c(OC(C)=O)c1. The molecule has 0 atom stereocenters. The largest absolute Gasteiger partial charge is 0.427 e. The van der Waals surface area contributed by atoms with Gasteiger partial charge in [0.15, 0.2) is 5.78 Å². The maximum atomic E-state index is 12.0. The maximum absolute atomic E-state index is 12.0. The first-order chi connectivity index (χ1) is 9.29. The number of hydrogen-bond donors (Lipinski definition) is 0. The first-order valence-corrected chi connectivity index (χ1v) is 5.99. The molecule has 0 aliphatic heterocycles. The van der Waals surface area contributed by atoms with Crippen molar-refractivity contribution in [3.63, 3.8) is 0 Å². The van der Waals surface area contributed by atoms with Gasteiger partial charge in [0.1, 0.15) is 11.5 Å². The van der Waals surface area contributed by atoms with Crippen LogP contribution in [0.15, 0.2) is 29.8 Å². The molecule has 0 aliphatic carbocycles. The molecule has 0 radical (unpaired) electrons. The maximum Gasteiger partial charge on any atom is 0.308 e. The highest BCUT2D eigenvalue weighted by atomic mass is 16.5. The Kier molecular flexibility index (Phi) is 5.20. The van der Waals surface area contributed by atoms with E-state index in [4.69, 9.17) is 9.47 Å². The third-order valence-electron chi connectivity index (χ3n) is 2.15. The molecule has 0 aliphatic rings. The van der Waals surface area contributed by atoms with Gasteiger partial charge in [-0.05, 0) is 32.1 Å². The number of allylic oxidation sites excluding steroid dienone is 2. The predicted molar refractivity (Wildman–Crippen MR) is 72.8 cm³/mol. The molecule has 1 rings (SSSR count). The van der Waals surface area contributed by atoms with Gasteiger partial charge >= 0.3 is 11.9 Å². The summed E-state index contributed by atoms with van der Waals surface area (Å²) in [4.78, 5) is 34.0. The monoisotopic (exact) mass is 276 g/mol. The summed E-state index contributed by atoms with van der Waals surface area (Å²) in [6.07, 6.45) is 1.44. The molecule has 0 spiro atoms. The summed E-state index contributed by atoms with van der Waals surface area (Å²) in [5, 5.41) is 0. The molecule has 106 valence electrons. The molecule has 0 saturated carbocycles. The summed E-state index contributed by atoms with van der Waals surface area (Å²) in [6.45, 7) is 6.06. The van der Waals surface area contributed by atoms with Gasteiger partial charge in [-0.3, -0.25) is 14.4 Å². The van der Waals surface area contributed by atoms with Gasteiger partial charge < -0.3 is 9.47 Å². The van der Waals surface area contributed by atoms with E-state index in [0.717, 1.165) is 5.57 Å². The van der Waals surface area contributed by atoms with Gasteiger partial charge in [-0.2, -0.15) is 0 Å². The van der Waals surface area contributed by atoms with E-state index in [1.54, 1.807) is 13.8 Å². The van der Waals surface area contributed by atoms with Gasteiger partial charge in [0, 0.05) is 19.9 Å². The van der Waals surface area contributed by atoms with Crippen molar-refractivity contribution < 1.29 is 23.9 Å². The zero-order valence-electron chi connectivity index (χ0n) is 11.9. The van der Waals surface area contributed by atoms with Crippen molar-refractivity contribution in [2.24, 2.45) is 0 Å². The number of carbonyl (C=O) groups excluding carboxylic acids is 3. The molecule has 5 nitrogen and oxygen atoms in total. The van der Waals surface area contributed by atoms with Gasteiger partial charge in [-0.1, -0.05) is 5.57 Å². The van der Waals surface area contributed by atoms with Crippen LogP contribution >= 0.6 is 0 Å². The summed E-state index contributed by atoms with van der Waals surface area (Å²) < 4.78 is 9.89. The van der Waals surface area contributed by atoms with Crippen molar-refractivity contribution in [1.82, 2.24) is 0 Å². The molecule has 0 heterocycles. The molecule has 0 bridgehead atoms. The Bertz CT molecular complexity index is 580. The molecular weight excluding hydrogens is 260 g/mol. The van der Waals surface area contributed by atoms with Gasteiger partial charge in [-0.15, -0.1) is 0 Å². The van der Waals surface area contributed by atoms with Gasteiger partial charge in [-0.25, -0.2) is 0 Å². The Balaban J connectivity index is 3.22. The molecule has 1 aromatic carbocycles. The number of hydrogen-bond acceptors (Lipinski definition) is 5. The van der Waals surface area contributed by atoms with E-state index in [-0.39, 0.29) is 22.8 Å². The van der Waals surface area contributed by atoms with Gasteiger partial charge in [0.25, 0.3) is 0 Å². The van der Waals surface area contributed by atoms with E-state index in [2.05, 4.69) is 0 Å². The highest BCUT2D eigenvalue weighted by molar-refractivity contribution is 6.07. The van der Waals surface area contributed by atoms with Crippen LogP contribution in [0.5, 0.6) is 11.5 Å². The second-order valence-electron chi connectivity index (χ2n) is 4.43. The number of benzene rings is 1. The fourth-order valence-electron chi connectivity index (χ4n) is 1.51. The Morgan fingerprint density at radius 2 is 1.55 bits per heavy atom. The second-order valence-corrected chi connectivity index (χ2v) is 4.43. The summed E-state index contributed by atoms with van der Waals surface area (Å²) in [7, 11) is 0. The number of rotatable bonds is 4. The first kappa shape index (κ1) is 15.6. The van der Waals surface area contributed by atoms with Crippen molar-refractivity contribution in [2.45, 2.75) is 27.7 Å². The lowest BCUT2D eigenvalue weighted by Gasteiger charge is -2.09. The van der Waals surface area contributed by atoms with Crippen molar-refractivity contribution in [3.8, 4) is 11.5 Å². The van der Waals surface area contributed by atoms with E-state index in [1.807, 2.05) is 0 Å². The quantitative estimate of drug-likeness (QED) is 0.366. The predicted octanol–water partition coefficient (Wildman–Crippen LogP) is 2.69. The standard InChI is InChI=1S/C15H16O5/c1-9(2)7-14(18)13-6-5-12(19-10(3)16)8-15(13)20-11(4)17/h5-8H,1-4H3. The van der Waals surface area contributed by atoms with Gasteiger partial charge in [0.2, 0.25) is 0 Å². The third-order valence-corrected chi connectivity index (χ3v) is 2.15. The minimum atomic E-state index is -0.559. The molecular formula is C15H16O5. The molecule has 0 amide bonds. The Labute approximate surface area is 117 Å². The lowest BCUT2D eigenvalue weighted by molar-refractivity contribution is -0.132. The van der Waals surface area contributed by atoms with Crippen molar-refractivity contribution >= 4 is 17.7 Å². The molecule has 0 unspecified atom stereocenters. The summed E-state index contributed by atoms with van der Waals surface area (Å²) in [5.41, 5.74) is 1.06. The molecule has 20 heavy (non-hydrogen) atoms. The Morgan fingerprint density at radius 1 is 0.950 bits per heavy atom. The van der Waals surface area contributed by atoms with Crippen molar-refractivity contribution in [3.05, 3.63) is 35.4 Å². The number of ether oxygens (including phenoxy) is 2. The lowest BCUT2D eigenvalue weighted by atomic mass is 10.1. The average molecular weight is 276 g/mol. The zero-order chi connectivity index (χ0) is 15.3. The van der Waals surface area contributed by atoms with Crippen LogP contribution in [-0.2, 0) is 9.59 Å². The van der Waals surface area contributed by atoms with Crippen LogP contribution in [0.3, 0.4) is 0 Å². The van der Waals surface area contributed by atoms with Crippen LogP contribution in [0.2, 0.25) is 0 Å². The van der Waals surface area contributed by atoms with Crippen LogP contribution in [0.25, 0.3) is 0 Å². The topological polar surface area (TPSA) is 69.7 Å². The molecule has 0 fully saturated rings. The Hall–Kier alpha value is -2.43. The van der Waals surface area contributed by atoms with Crippen LogP contribution in [0, 0.1) is 0 Å². The average Bonchev–Trinajstić information content (AvgIpc) is 2.26. The molecule has 0 saturated heterocycles. The molecule has 0 aromatic heterocycles. The van der Waals surface area contributed by atoms with E-state index in [0.29, 0.717) is 0 Å². The van der Waals surface area contributed by atoms with E-state index >= 15 is 0 Å². The van der Waals surface area contributed by atoms with Crippen LogP contribution in [-0.4, -0.2) is 17.7 Å². The summed E-state index contributed by atoms with van der Waals surface area (Å²) in [5.74, 6) is -1.06. The molecule has 1 aromatic rings. The zero-order valence-corrected chi connectivity index (χ0v) is 11.9. The summed E-state index contributed by atoms with van der Waals surface area (Å²) >= 11 is 0. The van der Waals surface area contributed by atoms with Crippen molar-refractivity contribution in [2.75, 3.05) is 0 Å². The second kappa shape index (κ2) is 6.65.